The van der Waals surface area contributed by atoms with E-state index < -0.39 is 0 Å². The van der Waals surface area contributed by atoms with E-state index in [-0.39, 0.29) is 17.2 Å². The summed E-state index contributed by atoms with van der Waals surface area (Å²) < 4.78 is 1.95. The van der Waals surface area contributed by atoms with Crippen LogP contribution in [0.15, 0.2) is 30.5 Å². The van der Waals surface area contributed by atoms with E-state index in [1.165, 1.54) is 0 Å². The average Bonchev–Trinajstić information content (AvgIpc) is 2.81. The number of rotatable bonds is 7. The van der Waals surface area contributed by atoms with E-state index in [0.29, 0.717) is 5.52 Å². The second kappa shape index (κ2) is 6.33. The number of aromatic nitrogens is 1. The molecule has 2 aromatic rings. The molecular weight excluding hydrogens is 244 g/mol. The maximum Gasteiger partial charge on any atom is 0.293 e. The first-order chi connectivity index (χ1) is 9.24. The molecule has 0 unspecified atom stereocenters. The highest BCUT2D eigenvalue weighted by atomic mass is 16.6. The van der Waals surface area contributed by atoms with Gasteiger partial charge in [-0.15, -0.1) is 0 Å². The predicted octanol–water partition coefficient (Wildman–Crippen LogP) is 3.10. The maximum atomic E-state index is 11.0. The first-order valence-electron chi connectivity index (χ1n) is 6.57. The molecule has 0 aliphatic carbocycles. The van der Waals surface area contributed by atoms with Gasteiger partial charge in [0.25, 0.3) is 5.69 Å². The van der Waals surface area contributed by atoms with Crippen LogP contribution < -0.4 is 0 Å². The summed E-state index contributed by atoms with van der Waals surface area (Å²) in [7, 11) is 0. The molecule has 0 saturated carbocycles. The van der Waals surface area contributed by atoms with Gasteiger partial charge in [0, 0.05) is 30.8 Å². The molecular formula is C14H18N2O3. The zero-order valence-electron chi connectivity index (χ0n) is 10.8. The monoisotopic (exact) mass is 262 g/mol. The number of nitro groups is 1. The van der Waals surface area contributed by atoms with Crippen molar-refractivity contribution in [2.75, 3.05) is 6.61 Å². The topological polar surface area (TPSA) is 68.3 Å². The van der Waals surface area contributed by atoms with Gasteiger partial charge in [-0.3, -0.25) is 10.1 Å². The highest BCUT2D eigenvalue weighted by Gasteiger charge is 2.14. The Labute approximate surface area is 111 Å². The summed E-state index contributed by atoms with van der Waals surface area (Å²) in [6.07, 6.45) is 5.73. The summed E-state index contributed by atoms with van der Waals surface area (Å²) >= 11 is 0. The van der Waals surface area contributed by atoms with Crippen LogP contribution >= 0.6 is 0 Å². The molecule has 0 radical (unpaired) electrons. The van der Waals surface area contributed by atoms with E-state index in [2.05, 4.69) is 0 Å². The molecule has 2 rings (SSSR count). The van der Waals surface area contributed by atoms with E-state index in [1.54, 1.807) is 12.1 Å². The number of hydrogen-bond acceptors (Lipinski definition) is 3. The molecule has 0 aliphatic heterocycles. The lowest BCUT2D eigenvalue weighted by Crippen LogP contribution is -1.99. The number of nitrogens with zero attached hydrogens (tertiary/aromatic N) is 2. The van der Waals surface area contributed by atoms with E-state index in [0.717, 1.165) is 37.6 Å². The third-order valence-electron chi connectivity index (χ3n) is 3.27. The van der Waals surface area contributed by atoms with Crippen LogP contribution in [0.25, 0.3) is 10.9 Å². The number of benzene rings is 1. The summed E-state index contributed by atoms with van der Waals surface area (Å²) in [6.45, 7) is 1.01. The van der Waals surface area contributed by atoms with Crippen molar-refractivity contribution in [3.8, 4) is 0 Å². The lowest BCUT2D eigenvalue weighted by atomic mass is 10.2. The van der Waals surface area contributed by atoms with Crippen LogP contribution in [0.3, 0.4) is 0 Å². The number of aryl methyl sites for hydroxylation is 1. The standard InChI is InChI=1S/C14H18N2O3/c17-11-4-2-1-3-9-15-10-8-12-6-5-7-13(14(12)15)16(18)19/h5-8,10,17H,1-4,9,11H2. The van der Waals surface area contributed by atoms with Crippen LogP contribution in [0.5, 0.6) is 0 Å². The van der Waals surface area contributed by atoms with Crippen molar-refractivity contribution in [1.82, 2.24) is 4.57 Å². The third-order valence-corrected chi connectivity index (χ3v) is 3.27. The van der Waals surface area contributed by atoms with Gasteiger partial charge in [-0.2, -0.15) is 0 Å². The van der Waals surface area contributed by atoms with Crippen molar-refractivity contribution in [2.45, 2.75) is 32.2 Å². The summed E-state index contributed by atoms with van der Waals surface area (Å²) in [5.41, 5.74) is 0.868. The quantitative estimate of drug-likeness (QED) is 0.473. The van der Waals surface area contributed by atoms with Crippen molar-refractivity contribution < 1.29 is 10.0 Å². The Hall–Kier alpha value is -1.88. The fourth-order valence-electron chi connectivity index (χ4n) is 2.32. The number of hydrogen-bond donors (Lipinski definition) is 1. The minimum atomic E-state index is -0.329. The maximum absolute atomic E-state index is 11.0. The third kappa shape index (κ3) is 3.12. The largest absolute Gasteiger partial charge is 0.396 e. The number of aliphatic hydroxyl groups is 1. The van der Waals surface area contributed by atoms with Gasteiger partial charge in [0.05, 0.1) is 4.92 Å². The van der Waals surface area contributed by atoms with Crippen molar-refractivity contribution in [2.24, 2.45) is 0 Å². The molecule has 0 saturated heterocycles. The number of unbranched alkanes of at least 4 members (excludes halogenated alkanes) is 3. The Balaban J connectivity index is 2.12. The second-order valence-corrected chi connectivity index (χ2v) is 4.62. The van der Waals surface area contributed by atoms with E-state index >= 15 is 0 Å². The highest BCUT2D eigenvalue weighted by molar-refractivity contribution is 5.88. The first-order valence-corrected chi connectivity index (χ1v) is 6.57. The van der Waals surface area contributed by atoms with Gasteiger partial charge in [0.1, 0.15) is 5.52 Å². The minimum absolute atomic E-state index is 0.165. The number of aliphatic hydroxyl groups excluding tert-OH is 1. The summed E-state index contributed by atoms with van der Waals surface area (Å²) in [5.74, 6) is 0. The molecule has 1 N–H and O–H groups in total. The van der Waals surface area contributed by atoms with E-state index in [1.807, 2.05) is 22.9 Å². The molecule has 102 valence electrons. The number of fused-ring (bicyclic) bond motifs is 1. The van der Waals surface area contributed by atoms with Crippen molar-refractivity contribution in [3.63, 3.8) is 0 Å². The van der Waals surface area contributed by atoms with Gasteiger partial charge in [-0.1, -0.05) is 25.0 Å². The van der Waals surface area contributed by atoms with Crippen LogP contribution in [0, 0.1) is 10.1 Å². The van der Waals surface area contributed by atoms with Crippen molar-refractivity contribution >= 4 is 16.6 Å². The molecule has 19 heavy (non-hydrogen) atoms. The van der Waals surface area contributed by atoms with E-state index in [4.69, 9.17) is 5.11 Å². The fourth-order valence-corrected chi connectivity index (χ4v) is 2.32. The van der Waals surface area contributed by atoms with Gasteiger partial charge in [-0.25, -0.2) is 0 Å². The predicted molar refractivity (Wildman–Crippen MR) is 74.1 cm³/mol. The Morgan fingerprint density at radius 3 is 2.68 bits per heavy atom. The Morgan fingerprint density at radius 1 is 1.16 bits per heavy atom. The van der Waals surface area contributed by atoms with Gasteiger partial charge >= 0.3 is 0 Å². The fraction of sp³-hybridized carbons (Fsp3) is 0.429. The van der Waals surface area contributed by atoms with Crippen LogP contribution in [0.2, 0.25) is 0 Å². The number of nitro benzene ring substituents is 1. The molecule has 0 atom stereocenters. The molecule has 5 heteroatoms. The first kappa shape index (κ1) is 13.5. The second-order valence-electron chi connectivity index (χ2n) is 4.62. The normalized spacial score (nSPS) is 11.0. The zero-order chi connectivity index (χ0) is 13.7. The Bertz CT molecular complexity index is 563. The molecule has 0 bridgehead atoms. The summed E-state index contributed by atoms with van der Waals surface area (Å²) in [5, 5.41) is 20.7. The molecule has 0 amide bonds. The van der Waals surface area contributed by atoms with Crippen LogP contribution in [-0.2, 0) is 6.54 Å². The highest BCUT2D eigenvalue weighted by Crippen LogP contribution is 2.26. The molecule has 5 nitrogen and oxygen atoms in total. The molecule has 0 fully saturated rings. The zero-order valence-corrected chi connectivity index (χ0v) is 10.8. The Morgan fingerprint density at radius 2 is 1.95 bits per heavy atom. The van der Waals surface area contributed by atoms with E-state index in [9.17, 15) is 10.1 Å². The van der Waals surface area contributed by atoms with Gasteiger partial charge in [0.15, 0.2) is 0 Å². The SMILES string of the molecule is O=[N+]([O-])c1cccc2ccn(CCCCCCO)c12. The molecule has 1 aromatic heterocycles. The minimum Gasteiger partial charge on any atom is -0.396 e. The van der Waals surface area contributed by atoms with Gasteiger partial charge in [0.2, 0.25) is 0 Å². The van der Waals surface area contributed by atoms with Crippen LogP contribution in [0.1, 0.15) is 25.7 Å². The number of non-ortho nitro benzene ring substituents is 1. The molecule has 1 aromatic carbocycles. The number of para-hydroxylation sites is 1. The lowest BCUT2D eigenvalue weighted by Gasteiger charge is -2.05. The van der Waals surface area contributed by atoms with Gasteiger partial charge < -0.3 is 9.67 Å². The molecule has 0 spiro atoms. The molecule has 0 aliphatic rings. The van der Waals surface area contributed by atoms with Crippen molar-refractivity contribution in [1.29, 1.82) is 0 Å². The smallest absolute Gasteiger partial charge is 0.293 e. The molecule has 1 heterocycles. The summed E-state index contributed by atoms with van der Waals surface area (Å²) in [4.78, 5) is 10.7. The van der Waals surface area contributed by atoms with Crippen molar-refractivity contribution in [3.05, 3.63) is 40.6 Å². The lowest BCUT2D eigenvalue weighted by molar-refractivity contribution is -0.383. The Kier molecular flexibility index (Phi) is 4.52. The average molecular weight is 262 g/mol. The van der Waals surface area contributed by atoms with Crippen LogP contribution in [-0.4, -0.2) is 21.2 Å². The van der Waals surface area contributed by atoms with Gasteiger partial charge in [-0.05, 0) is 18.9 Å². The van der Waals surface area contributed by atoms with Crippen LogP contribution in [0.4, 0.5) is 5.69 Å². The summed E-state index contributed by atoms with van der Waals surface area (Å²) in [6, 6.07) is 7.07.